The van der Waals surface area contributed by atoms with Crippen LogP contribution in [-0.2, 0) is 0 Å². The average Bonchev–Trinajstić information content (AvgIpc) is 1.71. The third kappa shape index (κ3) is 14.7. The number of nitrogens with zero attached hydrogens (tertiary/aromatic N) is 16. The van der Waals surface area contributed by atoms with E-state index in [0.29, 0.717) is 191 Å². The second kappa shape index (κ2) is 34.4. The molecule has 9 aliphatic rings. The van der Waals surface area contributed by atoms with Crippen molar-refractivity contribution in [2.45, 2.75) is 62.7 Å². The molecule has 8 atom stereocenters. The molecule has 0 aliphatic carbocycles. The molecule has 39 heteroatoms. The third-order valence-corrected chi connectivity index (χ3v) is 27.5. The van der Waals surface area contributed by atoms with E-state index in [4.69, 9.17) is 0 Å². The molecule has 0 aromatic heterocycles. The summed E-state index contributed by atoms with van der Waals surface area (Å²) < 4.78 is 0. The minimum absolute atomic E-state index is 0.107. The maximum absolute atomic E-state index is 14.7. The summed E-state index contributed by atoms with van der Waals surface area (Å²) in [6, 6.07) is -1.15. The summed E-state index contributed by atoms with van der Waals surface area (Å²) >= 11 is 31.6. The fourth-order valence-electron chi connectivity index (χ4n) is 13.2. The fraction of sp³-hybridized carbons (Fsp3) is 0.837. The molecule has 4 bridgehead atoms. The van der Waals surface area contributed by atoms with Crippen LogP contribution < -0.4 is 0 Å². The monoisotopic (exact) mass is 1500 g/mol. The molecule has 0 aromatic rings. The van der Waals surface area contributed by atoms with Crippen LogP contribution >= 0.6 is 175 Å². The lowest BCUT2D eigenvalue weighted by molar-refractivity contribution is 0.132. The van der Waals surface area contributed by atoms with Crippen LogP contribution in [0.1, 0.15) is 13.3 Å². The number of amides is 16. The molecule has 9 aliphatic heterocycles. The van der Waals surface area contributed by atoms with E-state index in [9.17, 15) is 38.4 Å². The van der Waals surface area contributed by atoms with E-state index in [1.165, 1.54) is 0 Å². The quantitative estimate of drug-likeness (QED) is 0.0709. The minimum atomic E-state index is -0.528. The molecule has 9 heterocycles. The van der Waals surface area contributed by atoms with Gasteiger partial charge in [-0.1, -0.05) is 93.3 Å². The Balaban J connectivity index is 0.933. The summed E-state index contributed by atoms with van der Waals surface area (Å²) in [6.07, 6.45) is -3.34. The number of thiol groups is 7. The lowest BCUT2D eigenvalue weighted by Crippen LogP contribution is -2.48. The molecule has 0 radical (unpaired) electrons. The Morgan fingerprint density at radius 2 is 0.420 bits per heavy atom. The van der Waals surface area contributed by atoms with Gasteiger partial charge < -0.3 is 4.90 Å². The third-order valence-electron chi connectivity index (χ3n) is 16.6. The van der Waals surface area contributed by atoms with Gasteiger partial charge in [0.2, 0.25) is 0 Å². The first-order valence-electron chi connectivity index (χ1n) is 29.6. The Kier molecular flexibility index (Phi) is 28.0. The van der Waals surface area contributed by atoms with Crippen LogP contribution in [-0.4, -0.2) is 367 Å². The standard InChI is InChI=1S/C49H82N16O8S15/c1-2-3-50-34-37(55(8-23-78)42(50)66)59-12-27-82-86-31-16-63-41-36(53(6-21-76)45(63)69)54(7-22-77)47(71)65(41)18-33-88-84-29-14-61-39-38(56(9-24-79)43(67)57(39)10-25-80)60(49(61)73)13-28-83-87-32-17-64-40-35(52(5-20-75)46(64)70)51(4-19-74)44(68)62(40)15-30-85-81-26-11-58(34)48(59)72/h34-41,74-80H,2-33H2,1H3. The van der Waals surface area contributed by atoms with Crippen molar-refractivity contribution in [2.24, 2.45) is 0 Å². The van der Waals surface area contributed by atoms with Gasteiger partial charge in [0.15, 0.2) is 0 Å². The van der Waals surface area contributed by atoms with Crippen molar-refractivity contribution in [3.8, 4) is 0 Å². The van der Waals surface area contributed by atoms with Gasteiger partial charge in [0, 0.05) is 191 Å². The number of hydrogen-bond acceptors (Lipinski definition) is 23. The summed E-state index contributed by atoms with van der Waals surface area (Å²) in [5, 5.41) is 0. The zero-order valence-corrected chi connectivity index (χ0v) is 61.9. The van der Waals surface area contributed by atoms with E-state index in [2.05, 4.69) is 88.4 Å². The minimum Gasteiger partial charge on any atom is -0.300 e. The SMILES string of the molecule is CCCN1C(=O)N(CCS)C2C1N1CCSSCCN3C(=O)N(CCS)C4C3N(CCSSCCN3C(=O)N(CCSSCCN5C(=O)N(CCS)C6C5N(CCSSCCN2C1=O)C(=O)N6CCS)C1C3N(CCS)C(=O)N1CCS)C(=O)N4CCS. The lowest BCUT2D eigenvalue weighted by Gasteiger charge is -2.30. The van der Waals surface area contributed by atoms with E-state index in [1.54, 1.807) is 121 Å². The topological polar surface area (TPSA) is 188 Å². The van der Waals surface area contributed by atoms with Crippen LogP contribution in [0.2, 0.25) is 0 Å². The first-order chi connectivity index (χ1) is 42.8. The van der Waals surface area contributed by atoms with Crippen LogP contribution in [0, 0.1) is 0 Å². The molecule has 0 spiro atoms. The highest BCUT2D eigenvalue weighted by Gasteiger charge is 2.62. The Morgan fingerprint density at radius 3 is 0.602 bits per heavy atom. The molecular weight excluding hydrogens is 1420 g/mol. The van der Waals surface area contributed by atoms with E-state index >= 15 is 0 Å². The predicted molar refractivity (Wildman–Crippen MR) is 388 cm³/mol. The van der Waals surface area contributed by atoms with Crippen molar-refractivity contribution in [3.63, 3.8) is 0 Å². The van der Waals surface area contributed by atoms with Crippen molar-refractivity contribution < 1.29 is 38.4 Å². The maximum Gasteiger partial charge on any atom is 0.323 e. The molecule has 16 amide bonds. The van der Waals surface area contributed by atoms with Gasteiger partial charge in [-0.15, -0.1) is 0 Å². The van der Waals surface area contributed by atoms with E-state index in [-0.39, 0.29) is 48.2 Å². The molecule has 8 unspecified atom stereocenters. The lowest BCUT2D eigenvalue weighted by atomic mass is 10.3. The molecule has 0 aromatic carbocycles. The molecule has 24 nitrogen and oxygen atoms in total. The number of rotatable bonds is 16. The van der Waals surface area contributed by atoms with Crippen LogP contribution in [0.4, 0.5) is 38.4 Å². The number of carbonyl (C=O) groups is 8. The largest absolute Gasteiger partial charge is 0.323 e. The molecule has 0 N–H and O–H groups in total. The summed E-state index contributed by atoms with van der Waals surface area (Å²) in [4.78, 5) is 144. The number of fused-ring (bicyclic) bond motifs is 10. The van der Waals surface area contributed by atoms with Crippen molar-refractivity contribution in [1.82, 2.24) is 78.4 Å². The zero-order chi connectivity index (χ0) is 62.8. The maximum atomic E-state index is 14.7. The summed E-state index contributed by atoms with van der Waals surface area (Å²) in [7, 11) is 12.8. The molecular formula is C49H82N16O8S15. The number of carbonyl (C=O) groups excluding carboxylic acids is 8. The van der Waals surface area contributed by atoms with Crippen LogP contribution in [0.5, 0.6) is 0 Å². The van der Waals surface area contributed by atoms with Crippen molar-refractivity contribution in [2.75, 3.05) is 191 Å². The van der Waals surface area contributed by atoms with Gasteiger partial charge in [0.1, 0.15) is 49.3 Å². The van der Waals surface area contributed by atoms with Crippen molar-refractivity contribution in [1.29, 1.82) is 0 Å². The Morgan fingerprint density at radius 1 is 0.250 bits per heavy atom. The second-order valence-corrected chi connectivity index (χ2v) is 35.2. The Hall–Kier alpha value is -0.590. The highest BCUT2D eigenvalue weighted by atomic mass is 33.1. The Bertz CT molecular complexity index is 2130. The van der Waals surface area contributed by atoms with Crippen LogP contribution in [0.3, 0.4) is 0 Å². The van der Waals surface area contributed by atoms with Gasteiger partial charge in [-0.25, -0.2) is 38.4 Å². The normalized spacial score (nSPS) is 28.8. The van der Waals surface area contributed by atoms with Crippen LogP contribution in [0.15, 0.2) is 0 Å². The summed E-state index contributed by atoms with van der Waals surface area (Å²) in [6.45, 7) is 8.16. The van der Waals surface area contributed by atoms with Crippen LogP contribution in [0.25, 0.3) is 0 Å². The van der Waals surface area contributed by atoms with Crippen molar-refractivity contribution >= 4 is 223 Å². The molecule has 0 saturated carbocycles. The summed E-state index contributed by atoms with van der Waals surface area (Å²) in [5.74, 6) is 7.45. The first kappa shape index (κ1) is 71.7. The average molecular weight is 1500 g/mol. The molecule has 9 saturated heterocycles. The van der Waals surface area contributed by atoms with Crippen molar-refractivity contribution in [3.05, 3.63) is 0 Å². The van der Waals surface area contributed by atoms with Gasteiger partial charge in [-0.3, -0.25) is 73.5 Å². The Labute approximate surface area is 587 Å². The molecule has 9 fully saturated rings. The highest BCUT2D eigenvalue weighted by molar-refractivity contribution is 8.77. The van der Waals surface area contributed by atoms with E-state index < -0.39 is 49.3 Å². The molecule has 9 rings (SSSR count). The first-order valence-corrected chi connectivity index (χ1v) is 44.0. The van der Waals surface area contributed by atoms with E-state index in [0.717, 1.165) is 6.42 Å². The fourth-order valence-corrected chi connectivity index (χ4v) is 22.5. The van der Waals surface area contributed by atoms with Gasteiger partial charge in [0.05, 0.1) is 0 Å². The van der Waals surface area contributed by atoms with E-state index in [1.807, 2.05) is 51.0 Å². The number of hydrogen-bond donors (Lipinski definition) is 7. The summed E-state index contributed by atoms with van der Waals surface area (Å²) in [5.41, 5.74) is 0. The van der Waals surface area contributed by atoms with Gasteiger partial charge in [-0.05, 0) is 6.42 Å². The van der Waals surface area contributed by atoms with Gasteiger partial charge in [-0.2, -0.15) is 88.4 Å². The molecule has 88 heavy (non-hydrogen) atoms. The molecule has 496 valence electrons. The number of urea groups is 8. The second-order valence-electron chi connectivity index (χ2n) is 21.3. The van der Waals surface area contributed by atoms with Gasteiger partial charge >= 0.3 is 48.2 Å². The smallest absolute Gasteiger partial charge is 0.300 e. The predicted octanol–water partition coefficient (Wildman–Crippen LogP) is 5.95. The zero-order valence-electron chi connectivity index (χ0n) is 49.1. The van der Waals surface area contributed by atoms with Gasteiger partial charge in [0.25, 0.3) is 0 Å². The highest BCUT2D eigenvalue weighted by Crippen LogP contribution is 2.42.